The van der Waals surface area contributed by atoms with Crippen LogP contribution < -0.4 is 14.8 Å². The number of para-hydroxylation sites is 1. The van der Waals surface area contributed by atoms with Gasteiger partial charge in [0.05, 0.1) is 16.6 Å². The summed E-state index contributed by atoms with van der Waals surface area (Å²) in [6, 6.07) is 11.9. The number of carbonyl (C=O) groups excluding carboxylic acids is 1. The Morgan fingerprint density at radius 1 is 1.29 bits per heavy atom. The number of carbonyl (C=O) groups is 1. The molecule has 1 N–H and O–H groups in total. The van der Waals surface area contributed by atoms with Crippen LogP contribution in [0.1, 0.15) is 12.6 Å². The van der Waals surface area contributed by atoms with Crippen LogP contribution in [0, 0.1) is 5.82 Å². The van der Waals surface area contributed by atoms with Crippen molar-refractivity contribution in [2.24, 2.45) is 0 Å². The van der Waals surface area contributed by atoms with Gasteiger partial charge in [0.15, 0.2) is 11.5 Å². The summed E-state index contributed by atoms with van der Waals surface area (Å²) in [4.78, 5) is 16.9. The van der Waals surface area contributed by atoms with E-state index < -0.39 is 5.82 Å². The van der Waals surface area contributed by atoms with Gasteiger partial charge < -0.3 is 14.8 Å². The summed E-state index contributed by atoms with van der Waals surface area (Å²) in [7, 11) is 0. The molecule has 0 radical (unpaired) electrons. The molecule has 0 spiro atoms. The zero-order valence-electron chi connectivity index (χ0n) is 15.0. The third-order valence-electron chi connectivity index (χ3n) is 4.15. The van der Waals surface area contributed by atoms with Crippen LogP contribution in [0.3, 0.4) is 0 Å². The number of benzene rings is 2. The van der Waals surface area contributed by atoms with Gasteiger partial charge in [0, 0.05) is 16.7 Å². The Bertz CT molecular complexity index is 1010. The van der Waals surface area contributed by atoms with Gasteiger partial charge in [0.25, 0.3) is 0 Å². The first-order valence-corrected chi connectivity index (χ1v) is 10.5. The zero-order valence-corrected chi connectivity index (χ0v) is 16.6. The summed E-state index contributed by atoms with van der Waals surface area (Å²) < 4.78 is 24.4. The van der Waals surface area contributed by atoms with E-state index in [-0.39, 0.29) is 23.6 Å². The number of halogens is 1. The lowest BCUT2D eigenvalue weighted by atomic mass is 10.2. The van der Waals surface area contributed by atoms with Crippen LogP contribution >= 0.6 is 23.1 Å². The highest BCUT2D eigenvalue weighted by atomic mass is 32.2. The van der Waals surface area contributed by atoms with Crippen LogP contribution in [0.25, 0.3) is 10.6 Å². The molecular weight excluding hydrogens is 399 g/mol. The predicted molar refractivity (Wildman–Crippen MR) is 109 cm³/mol. The summed E-state index contributed by atoms with van der Waals surface area (Å²) in [5.41, 5.74) is 2.06. The molecule has 1 aliphatic rings. The number of thiazole rings is 1. The lowest BCUT2D eigenvalue weighted by molar-refractivity contribution is -0.115. The molecule has 1 amide bonds. The van der Waals surface area contributed by atoms with E-state index in [0.29, 0.717) is 5.75 Å². The second kappa shape index (κ2) is 8.20. The molecule has 2 heterocycles. The third-order valence-corrected chi connectivity index (χ3v) is 6.27. The number of nitrogens with one attached hydrogen (secondary N) is 1. The van der Waals surface area contributed by atoms with Crippen LogP contribution in [0.5, 0.6) is 11.5 Å². The molecule has 1 atom stereocenters. The maximum Gasteiger partial charge on any atom is 0.237 e. The number of hydrogen-bond donors (Lipinski definition) is 1. The molecule has 0 aliphatic carbocycles. The largest absolute Gasteiger partial charge is 0.454 e. The molecule has 2 aromatic carbocycles. The molecule has 5 nitrogen and oxygen atoms in total. The average Bonchev–Trinajstić information content (AvgIpc) is 3.36. The van der Waals surface area contributed by atoms with Gasteiger partial charge in [-0.15, -0.1) is 23.1 Å². The number of anilines is 1. The molecule has 8 heteroatoms. The fourth-order valence-corrected chi connectivity index (χ4v) is 4.32. The Morgan fingerprint density at radius 3 is 2.96 bits per heavy atom. The molecule has 0 bridgehead atoms. The molecule has 28 heavy (non-hydrogen) atoms. The average molecular weight is 416 g/mol. The van der Waals surface area contributed by atoms with Crippen molar-refractivity contribution in [1.82, 2.24) is 4.98 Å². The standard InChI is InChI=1S/C20H17FN2O3S2/c1-12(19(24)23-16-5-3-2-4-15(16)21)27-9-14-10-28-20(22-14)13-6-7-17-18(8-13)26-11-25-17/h2-8,10,12H,9,11H2,1H3,(H,23,24). The summed E-state index contributed by atoms with van der Waals surface area (Å²) in [5, 5.41) is 5.15. The number of fused-ring (bicyclic) bond motifs is 1. The molecule has 144 valence electrons. The monoisotopic (exact) mass is 416 g/mol. The quantitative estimate of drug-likeness (QED) is 0.617. The number of thioether (sulfide) groups is 1. The van der Waals surface area contributed by atoms with Crippen molar-refractivity contribution in [2.45, 2.75) is 17.9 Å². The summed E-state index contributed by atoms with van der Waals surface area (Å²) in [6.07, 6.45) is 0. The highest BCUT2D eigenvalue weighted by Gasteiger charge is 2.17. The minimum absolute atomic E-state index is 0.193. The third kappa shape index (κ3) is 4.13. The van der Waals surface area contributed by atoms with E-state index in [4.69, 9.17) is 9.47 Å². The van der Waals surface area contributed by atoms with Gasteiger partial charge in [-0.1, -0.05) is 12.1 Å². The maximum absolute atomic E-state index is 13.7. The van der Waals surface area contributed by atoms with Crippen LogP contribution in [0.15, 0.2) is 47.8 Å². The van der Waals surface area contributed by atoms with Gasteiger partial charge in [-0.2, -0.15) is 0 Å². The molecule has 0 saturated carbocycles. The second-order valence-corrected chi connectivity index (χ2v) is 8.32. The van der Waals surface area contributed by atoms with Crippen molar-refractivity contribution in [3.05, 3.63) is 59.4 Å². The smallest absolute Gasteiger partial charge is 0.237 e. The first kappa shape index (κ1) is 18.8. The maximum atomic E-state index is 13.7. The van der Waals surface area contributed by atoms with E-state index in [1.165, 1.54) is 17.8 Å². The topological polar surface area (TPSA) is 60.5 Å². The van der Waals surface area contributed by atoms with Crippen LogP contribution in [0.4, 0.5) is 10.1 Å². The lowest BCUT2D eigenvalue weighted by Crippen LogP contribution is -2.23. The SMILES string of the molecule is CC(SCc1csc(-c2ccc3c(c2)OCO3)n1)C(=O)Nc1ccccc1F. The Kier molecular flexibility index (Phi) is 5.50. The Balaban J connectivity index is 1.35. The molecule has 1 aromatic heterocycles. The Labute approximate surface area is 169 Å². The minimum atomic E-state index is -0.444. The van der Waals surface area contributed by atoms with E-state index in [1.807, 2.05) is 23.6 Å². The Hall–Kier alpha value is -2.58. The molecular formula is C20H17FN2O3S2. The van der Waals surface area contributed by atoms with E-state index in [9.17, 15) is 9.18 Å². The number of amides is 1. The fraction of sp³-hybridized carbons (Fsp3) is 0.200. The summed E-state index contributed by atoms with van der Waals surface area (Å²) >= 11 is 3.00. The molecule has 4 rings (SSSR count). The van der Waals surface area contributed by atoms with Gasteiger partial charge in [0.2, 0.25) is 12.7 Å². The molecule has 3 aromatic rings. The van der Waals surface area contributed by atoms with Crippen LogP contribution in [0.2, 0.25) is 0 Å². The Morgan fingerprint density at radius 2 is 2.11 bits per heavy atom. The lowest BCUT2D eigenvalue weighted by Gasteiger charge is -2.11. The number of ether oxygens (including phenoxy) is 2. The number of hydrogen-bond acceptors (Lipinski definition) is 6. The van der Waals surface area contributed by atoms with E-state index in [2.05, 4.69) is 10.3 Å². The normalized spacial score (nSPS) is 13.4. The minimum Gasteiger partial charge on any atom is -0.454 e. The van der Waals surface area contributed by atoms with Crippen LogP contribution in [-0.2, 0) is 10.5 Å². The van der Waals surface area contributed by atoms with E-state index in [1.54, 1.807) is 36.5 Å². The molecule has 1 aliphatic heterocycles. The molecule has 0 fully saturated rings. The fourth-order valence-electron chi connectivity index (χ4n) is 2.62. The highest BCUT2D eigenvalue weighted by Crippen LogP contribution is 2.37. The highest BCUT2D eigenvalue weighted by molar-refractivity contribution is 7.99. The van der Waals surface area contributed by atoms with Crippen molar-refractivity contribution in [1.29, 1.82) is 0 Å². The van der Waals surface area contributed by atoms with E-state index >= 15 is 0 Å². The number of nitrogens with zero attached hydrogens (tertiary/aromatic N) is 1. The predicted octanol–water partition coefficient (Wildman–Crippen LogP) is 4.94. The van der Waals surface area contributed by atoms with Crippen molar-refractivity contribution in [3.63, 3.8) is 0 Å². The van der Waals surface area contributed by atoms with E-state index in [0.717, 1.165) is 27.8 Å². The second-order valence-electron chi connectivity index (χ2n) is 6.13. The number of aromatic nitrogens is 1. The molecule has 0 saturated heterocycles. The van der Waals surface area contributed by atoms with Crippen molar-refractivity contribution < 1.29 is 18.7 Å². The van der Waals surface area contributed by atoms with Crippen molar-refractivity contribution >= 4 is 34.7 Å². The van der Waals surface area contributed by atoms with Gasteiger partial charge in [-0.05, 0) is 37.3 Å². The number of rotatable bonds is 6. The zero-order chi connectivity index (χ0) is 19.5. The molecule has 1 unspecified atom stereocenters. The first-order valence-electron chi connectivity index (χ1n) is 8.61. The van der Waals surface area contributed by atoms with Gasteiger partial charge in [-0.25, -0.2) is 9.37 Å². The van der Waals surface area contributed by atoms with Gasteiger partial charge in [0.1, 0.15) is 10.8 Å². The van der Waals surface area contributed by atoms with Gasteiger partial charge >= 0.3 is 0 Å². The summed E-state index contributed by atoms with van der Waals surface area (Å²) in [5.74, 6) is 1.38. The van der Waals surface area contributed by atoms with Crippen molar-refractivity contribution in [2.75, 3.05) is 12.1 Å². The van der Waals surface area contributed by atoms with Crippen molar-refractivity contribution in [3.8, 4) is 22.1 Å². The van der Waals surface area contributed by atoms with Crippen LogP contribution in [-0.4, -0.2) is 22.9 Å². The first-order chi connectivity index (χ1) is 13.6. The van der Waals surface area contributed by atoms with Gasteiger partial charge in [-0.3, -0.25) is 4.79 Å². The summed E-state index contributed by atoms with van der Waals surface area (Å²) in [6.45, 7) is 2.04.